The van der Waals surface area contributed by atoms with Crippen LogP contribution in [0.3, 0.4) is 0 Å². The van der Waals surface area contributed by atoms with Gasteiger partial charge >= 0.3 is 12.6 Å². The average Bonchev–Trinajstić information content (AvgIpc) is 3.06. The maximum atomic E-state index is 12.6. The first-order valence-electron chi connectivity index (χ1n) is 8.02. The van der Waals surface area contributed by atoms with Crippen LogP contribution >= 0.6 is 0 Å². The Hall–Kier alpha value is -1.89. The summed E-state index contributed by atoms with van der Waals surface area (Å²) in [5.74, 6) is 0.0356. The molecule has 1 saturated heterocycles. The van der Waals surface area contributed by atoms with E-state index in [9.17, 15) is 18.7 Å². The first-order chi connectivity index (χ1) is 11.4. The van der Waals surface area contributed by atoms with E-state index in [1.54, 1.807) is 12.1 Å². The topological polar surface area (TPSA) is 59.0 Å². The highest BCUT2D eigenvalue weighted by Crippen LogP contribution is 2.49. The molecule has 3 rings (SSSR count). The zero-order valence-electron chi connectivity index (χ0n) is 13.5. The molecule has 1 aromatic carbocycles. The van der Waals surface area contributed by atoms with Gasteiger partial charge in [0.25, 0.3) is 0 Å². The highest BCUT2D eigenvalue weighted by atomic mass is 19.3. The van der Waals surface area contributed by atoms with Crippen LogP contribution in [0.1, 0.15) is 24.8 Å². The van der Waals surface area contributed by atoms with Crippen LogP contribution in [0.25, 0.3) is 0 Å². The second kappa shape index (κ2) is 6.55. The maximum Gasteiger partial charge on any atom is 0.387 e. The van der Waals surface area contributed by atoms with E-state index in [0.717, 1.165) is 12.8 Å². The quantitative estimate of drug-likeness (QED) is 0.862. The molecule has 1 saturated carbocycles. The number of methoxy groups -OCH3 is 1. The lowest BCUT2D eigenvalue weighted by Crippen LogP contribution is -2.35. The number of nitrogens with zero attached hydrogens (tertiary/aromatic N) is 1. The van der Waals surface area contributed by atoms with Crippen molar-refractivity contribution >= 4 is 5.97 Å². The standard InChI is InChI=1S/C17H21F2NO4/c1-23-13-4-5-14(24-16(18)19)11(7-13)8-20-9-12-3-2-6-17(12,10-20)15(21)22/h4-5,7,12,16H,2-3,6,8-10H2,1H3,(H,21,22)/t12-,17+/m0/s1. The van der Waals surface area contributed by atoms with E-state index in [2.05, 4.69) is 4.74 Å². The summed E-state index contributed by atoms with van der Waals surface area (Å²) in [7, 11) is 1.51. The van der Waals surface area contributed by atoms with Crippen molar-refractivity contribution < 1.29 is 28.2 Å². The molecular weight excluding hydrogens is 320 g/mol. The molecule has 132 valence electrons. The molecule has 7 heteroatoms. The predicted octanol–water partition coefficient (Wildman–Crippen LogP) is 2.98. The molecule has 0 radical (unpaired) electrons. The minimum Gasteiger partial charge on any atom is -0.497 e. The van der Waals surface area contributed by atoms with Gasteiger partial charge in [-0.1, -0.05) is 6.42 Å². The van der Waals surface area contributed by atoms with Gasteiger partial charge in [-0.2, -0.15) is 8.78 Å². The molecule has 0 unspecified atom stereocenters. The molecule has 2 atom stereocenters. The fraction of sp³-hybridized carbons (Fsp3) is 0.588. The van der Waals surface area contributed by atoms with Crippen molar-refractivity contribution in [1.82, 2.24) is 4.90 Å². The molecule has 0 amide bonds. The number of carboxylic acids is 1. The number of carbonyl (C=O) groups is 1. The number of likely N-dealkylation sites (tertiary alicyclic amines) is 1. The van der Waals surface area contributed by atoms with Crippen LogP contribution in [0.5, 0.6) is 11.5 Å². The van der Waals surface area contributed by atoms with Gasteiger partial charge in [0.15, 0.2) is 0 Å². The summed E-state index contributed by atoms with van der Waals surface area (Å²) in [5, 5.41) is 9.64. The molecule has 0 spiro atoms. The van der Waals surface area contributed by atoms with Gasteiger partial charge in [0.2, 0.25) is 0 Å². The molecule has 1 aliphatic heterocycles. The lowest BCUT2D eigenvalue weighted by molar-refractivity contribution is -0.149. The van der Waals surface area contributed by atoms with Crippen molar-refractivity contribution in [2.24, 2.45) is 11.3 Å². The number of rotatable bonds is 6. The zero-order chi connectivity index (χ0) is 17.3. The largest absolute Gasteiger partial charge is 0.497 e. The van der Waals surface area contributed by atoms with E-state index in [1.165, 1.54) is 13.2 Å². The molecule has 1 heterocycles. The Labute approximate surface area is 139 Å². The van der Waals surface area contributed by atoms with E-state index >= 15 is 0 Å². The number of hydrogen-bond donors (Lipinski definition) is 1. The Morgan fingerprint density at radius 2 is 2.29 bits per heavy atom. The summed E-state index contributed by atoms with van der Waals surface area (Å²) < 4.78 is 35.0. The van der Waals surface area contributed by atoms with Crippen LogP contribution in [0.15, 0.2) is 18.2 Å². The number of aliphatic carboxylic acids is 1. The smallest absolute Gasteiger partial charge is 0.387 e. The van der Waals surface area contributed by atoms with Crippen LogP contribution in [0.4, 0.5) is 8.78 Å². The summed E-state index contributed by atoms with van der Waals surface area (Å²) in [4.78, 5) is 13.8. The molecule has 1 N–H and O–H groups in total. The monoisotopic (exact) mass is 341 g/mol. The van der Waals surface area contributed by atoms with Gasteiger partial charge in [0, 0.05) is 25.2 Å². The predicted molar refractivity (Wildman–Crippen MR) is 82.3 cm³/mol. The number of ether oxygens (including phenoxy) is 2. The van der Waals surface area contributed by atoms with E-state index < -0.39 is 18.0 Å². The minimum atomic E-state index is -2.90. The molecule has 1 aromatic rings. The normalized spacial score (nSPS) is 26.6. The van der Waals surface area contributed by atoms with Gasteiger partial charge in [-0.25, -0.2) is 0 Å². The highest BCUT2D eigenvalue weighted by Gasteiger charge is 2.54. The summed E-state index contributed by atoms with van der Waals surface area (Å²) in [6.45, 7) is -1.43. The number of hydrogen-bond acceptors (Lipinski definition) is 4. The molecule has 24 heavy (non-hydrogen) atoms. The number of fused-ring (bicyclic) bond motifs is 1. The van der Waals surface area contributed by atoms with Gasteiger partial charge in [0.1, 0.15) is 11.5 Å². The first-order valence-corrected chi connectivity index (χ1v) is 8.02. The van der Waals surface area contributed by atoms with Crippen molar-refractivity contribution in [2.45, 2.75) is 32.4 Å². The summed E-state index contributed by atoms with van der Waals surface area (Å²) in [6.07, 6.45) is 2.52. The molecule has 2 aliphatic rings. The van der Waals surface area contributed by atoms with Gasteiger partial charge in [-0.3, -0.25) is 9.69 Å². The third kappa shape index (κ3) is 3.05. The SMILES string of the molecule is COc1ccc(OC(F)F)c(CN2C[C@@H]3CCC[C@@]3(C(=O)O)C2)c1. The number of benzene rings is 1. The van der Waals surface area contributed by atoms with Crippen LogP contribution in [-0.4, -0.2) is 42.8 Å². The zero-order valence-corrected chi connectivity index (χ0v) is 13.5. The van der Waals surface area contributed by atoms with E-state index in [1.807, 2.05) is 4.90 Å². The third-order valence-corrected chi connectivity index (χ3v) is 5.24. The second-order valence-corrected chi connectivity index (χ2v) is 6.57. The number of alkyl halides is 2. The van der Waals surface area contributed by atoms with Gasteiger partial charge in [-0.15, -0.1) is 0 Å². The van der Waals surface area contributed by atoms with Crippen molar-refractivity contribution in [3.05, 3.63) is 23.8 Å². The van der Waals surface area contributed by atoms with Crippen molar-refractivity contribution in [3.63, 3.8) is 0 Å². The van der Waals surface area contributed by atoms with Crippen LogP contribution in [0, 0.1) is 11.3 Å². The van der Waals surface area contributed by atoms with Gasteiger partial charge < -0.3 is 14.6 Å². The van der Waals surface area contributed by atoms with Crippen molar-refractivity contribution in [2.75, 3.05) is 20.2 Å². The maximum absolute atomic E-state index is 12.6. The Morgan fingerprint density at radius 1 is 1.50 bits per heavy atom. The second-order valence-electron chi connectivity index (χ2n) is 6.57. The van der Waals surface area contributed by atoms with Crippen LogP contribution < -0.4 is 9.47 Å². The van der Waals surface area contributed by atoms with Crippen LogP contribution in [-0.2, 0) is 11.3 Å². The van der Waals surface area contributed by atoms with Crippen molar-refractivity contribution in [3.8, 4) is 11.5 Å². The summed E-state index contributed by atoms with van der Waals surface area (Å²) >= 11 is 0. The lowest BCUT2D eigenvalue weighted by atomic mass is 9.81. The molecule has 5 nitrogen and oxygen atoms in total. The molecule has 1 aliphatic carbocycles. The lowest BCUT2D eigenvalue weighted by Gasteiger charge is -2.24. The fourth-order valence-electron chi connectivity index (χ4n) is 4.12. The molecule has 0 bridgehead atoms. The average molecular weight is 341 g/mol. The van der Waals surface area contributed by atoms with Crippen LogP contribution in [0.2, 0.25) is 0 Å². The first kappa shape index (κ1) is 17.0. The number of carboxylic acid groups (broad SMARTS) is 1. The highest BCUT2D eigenvalue weighted by molar-refractivity contribution is 5.76. The molecule has 2 fully saturated rings. The van der Waals surface area contributed by atoms with Crippen molar-refractivity contribution in [1.29, 1.82) is 0 Å². The molecule has 0 aromatic heterocycles. The Balaban J connectivity index is 1.80. The summed E-state index contributed by atoms with van der Waals surface area (Å²) in [6, 6.07) is 4.70. The van der Waals surface area contributed by atoms with E-state index in [-0.39, 0.29) is 11.7 Å². The third-order valence-electron chi connectivity index (χ3n) is 5.24. The van der Waals surface area contributed by atoms with Gasteiger partial charge in [-0.05, 0) is 37.0 Å². The summed E-state index contributed by atoms with van der Waals surface area (Å²) in [5.41, 5.74) is -0.113. The Morgan fingerprint density at radius 3 is 2.92 bits per heavy atom. The minimum absolute atomic E-state index is 0.104. The van der Waals surface area contributed by atoms with E-state index in [4.69, 9.17) is 4.74 Å². The fourth-order valence-corrected chi connectivity index (χ4v) is 4.12. The number of halogens is 2. The Bertz CT molecular complexity index is 625. The Kier molecular flexibility index (Phi) is 4.62. The van der Waals surface area contributed by atoms with Gasteiger partial charge in [0.05, 0.1) is 12.5 Å². The van der Waals surface area contributed by atoms with E-state index in [0.29, 0.717) is 37.4 Å². The molecular formula is C17H21F2NO4.